The zero-order chi connectivity index (χ0) is 9.42. The maximum Gasteiger partial charge on any atom is 0.0776 e. The van der Waals surface area contributed by atoms with Crippen molar-refractivity contribution >= 4 is 33.0 Å². The molecule has 1 aromatic heterocycles. The summed E-state index contributed by atoms with van der Waals surface area (Å²) < 4.78 is 1.06. The first-order chi connectivity index (χ1) is 6.20. The average Bonchev–Trinajstić information content (AvgIpc) is 2.48. The molecule has 0 amide bonds. The first-order valence-corrected chi connectivity index (χ1v) is 5.29. The van der Waals surface area contributed by atoms with Crippen molar-refractivity contribution in [3.05, 3.63) is 34.2 Å². The minimum absolute atomic E-state index is 0.424. The third kappa shape index (κ3) is 1.46. The van der Waals surface area contributed by atoms with E-state index in [2.05, 4.69) is 0 Å². The van der Waals surface area contributed by atoms with Crippen LogP contribution in [0.25, 0.3) is 10.1 Å². The van der Waals surface area contributed by atoms with E-state index in [9.17, 15) is 5.11 Å². The molecule has 2 aromatic rings. The van der Waals surface area contributed by atoms with Gasteiger partial charge in [0.15, 0.2) is 0 Å². The van der Waals surface area contributed by atoms with E-state index in [1.165, 1.54) is 0 Å². The summed E-state index contributed by atoms with van der Waals surface area (Å²) in [7, 11) is 0. The summed E-state index contributed by atoms with van der Waals surface area (Å²) in [6.45, 7) is 1.77. The third-order valence-corrected chi connectivity index (χ3v) is 3.51. The Bertz CT molecular complexity index is 433. The van der Waals surface area contributed by atoms with Crippen LogP contribution in [-0.4, -0.2) is 5.11 Å². The minimum atomic E-state index is -0.424. The van der Waals surface area contributed by atoms with Crippen LogP contribution in [0.15, 0.2) is 23.6 Å². The molecule has 0 fully saturated rings. The Morgan fingerprint density at radius 3 is 2.92 bits per heavy atom. The zero-order valence-corrected chi connectivity index (χ0v) is 8.69. The van der Waals surface area contributed by atoms with E-state index >= 15 is 0 Å². The Labute approximate surface area is 85.6 Å². The van der Waals surface area contributed by atoms with Gasteiger partial charge in [-0.05, 0) is 29.3 Å². The van der Waals surface area contributed by atoms with Gasteiger partial charge in [-0.3, -0.25) is 0 Å². The highest BCUT2D eigenvalue weighted by atomic mass is 35.5. The highest BCUT2D eigenvalue weighted by Crippen LogP contribution is 2.34. The standard InChI is InChI=1S/C10H9ClOS/c1-6(12)8-5-13-10-7(8)3-2-4-9(10)11/h2-6,12H,1H3. The lowest BCUT2D eigenvalue weighted by molar-refractivity contribution is 0.201. The van der Waals surface area contributed by atoms with Gasteiger partial charge in [0.25, 0.3) is 0 Å². The summed E-state index contributed by atoms with van der Waals surface area (Å²) in [5.74, 6) is 0. The van der Waals surface area contributed by atoms with Crippen LogP contribution in [0.1, 0.15) is 18.6 Å². The summed E-state index contributed by atoms with van der Waals surface area (Å²) in [4.78, 5) is 0. The highest BCUT2D eigenvalue weighted by molar-refractivity contribution is 7.18. The molecule has 0 spiro atoms. The number of thiophene rings is 1. The lowest BCUT2D eigenvalue weighted by atomic mass is 10.1. The molecule has 0 saturated heterocycles. The van der Waals surface area contributed by atoms with Crippen molar-refractivity contribution < 1.29 is 5.11 Å². The van der Waals surface area contributed by atoms with Crippen LogP contribution >= 0.6 is 22.9 Å². The van der Waals surface area contributed by atoms with E-state index in [1.807, 2.05) is 23.6 Å². The molecule has 68 valence electrons. The van der Waals surface area contributed by atoms with Gasteiger partial charge in [0, 0.05) is 0 Å². The molecule has 0 aliphatic heterocycles. The molecule has 1 aromatic carbocycles. The third-order valence-electron chi connectivity index (χ3n) is 2.03. The van der Waals surface area contributed by atoms with Crippen molar-refractivity contribution in [1.82, 2.24) is 0 Å². The molecule has 2 rings (SSSR count). The number of hydrogen-bond donors (Lipinski definition) is 1. The summed E-state index contributed by atoms with van der Waals surface area (Å²) >= 11 is 7.58. The van der Waals surface area contributed by atoms with Gasteiger partial charge in [-0.15, -0.1) is 11.3 Å². The number of benzene rings is 1. The Kier molecular flexibility index (Phi) is 2.28. The van der Waals surface area contributed by atoms with Crippen molar-refractivity contribution in [2.75, 3.05) is 0 Å². The second kappa shape index (κ2) is 3.29. The highest BCUT2D eigenvalue weighted by Gasteiger charge is 2.09. The quantitative estimate of drug-likeness (QED) is 0.766. The van der Waals surface area contributed by atoms with Gasteiger partial charge < -0.3 is 5.11 Å². The zero-order valence-electron chi connectivity index (χ0n) is 7.12. The molecule has 1 unspecified atom stereocenters. The van der Waals surface area contributed by atoms with E-state index in [1.54, 1.807) is 18.3 Å². The Morgan fingerprint density at radius 2 is 2.23 bits per heavy atom. The van der Waals surface area contributed by atoms with Crippen LogP contribution in [0.5, 0.6) is 0 Å². The van der Waals surface area contributed by atoms with Crippen LogP contribution in [0.4, 0.5) is 0 Å². The first-order valence-electron chi connectivity index (χ1n) is 4.04. The number of fused-ring (bicyclic) bond motifs is 1. The van der Waals surface area contributed by atoms with E-state index in [4.69, 9.17) is 11.6 Å². The number of halogens is 1. The van der Waals surface area contributed by atoms with Crippen LogP contribution < -0.4 is 0 Å². The van der Waals surface area contributed by atoms with Crippen LogP contribution in [0.2, 0.25) is 5.02 Å². The maximum absolute atomic E-state index is 9.47. The SMILES string of the molecule is CC(O)c1csc2c(Cl)cccc12. The molecule has 1 atom stereocenters. The molecule has 0 aliphatic carbocycles. The van der Waals surface area contributed by atoms with Crippen LogP contribution in [0.3, 0.4) is 0 Å². The average molecular weight is 213 g/mol. The summed E-state index contributed by atoms with van der Waals surface area (Å²) in [6, 6.07) is 5.76. The lowest BCUT2D eigenvalue weighted by Gasteiger charge is -2.01. The smallest absolute Gasteiger partial charge is 0.0776 e. The van der Waals surface area contributed by atoms with Crippen molar-refractivity contribution in [2.24, 2.45) is 0 Å². The molecule has 1 N–H and O–H groups in total. The normalized spacial score (nSPS) is 13.5. The molecule has 0 saturated carbocycles. The summed E-state index contributed by atoms with van der Waals surface area (Å²) in [5, 5.41) is 13.2. The van der Waals surface area contributed by atoms with Gasteiger partial charge in [-0.25, -0.2) is 0 Å². The van der Waals surface area contributed by atoms with Crippen molar-refractivity contribution in [2.45, 2.75) is 13.0 Å². The van der Waals surface area contributed by atoms with Gasteiger partial charge in [0.2, 0.25) is 0 Å². The Morgan fingerprint density at radius 1 is 1.46 bits per heavy atom. The number of aliphatic hydroxyl groups is 1. The molecule has 0 bridgehead atoms. The van der Waals surface area contributed by atoms with Gasteiger partial charge in [-0.2, -0.15) is 0 Å². The molecule has 13 heavy (non-hydrogen) atoms. The molecule has 3 heteroatoms. The van der Waals surface area contributed by atoms with Gasteiger partial charge in [0.05, 0.1) is 15.8 Å². The molecular weight excluding hydrogens is 204 g/mol. The van der Waals surface area contributed by atoms with Crippen LogP contribution in [0, 0.1) is 0 Å². The van der Waals surface area contributed by atoms with E-state index in [0.29, 0.717) is 0 Å². The molecular formula is C10H9ClOS. The van der Waals surface area contributed by atoms with Crippen LogP contribution in [-0.2, 0) is 0 Å². The number of aliphatic hydroxyl groups excluding tert-OH is 1. The Balaban J connectivity index is 2.75. The van der Waals surface area contributed by atoms with Crippen molar-refractivity contribution in [1.29, 1.82) is 0 Å². The topological polar surface area (TPSA) is 20.2 Å². The van der Waals surface area contributed by atoms with E-state index < -0.39 is 6.10 Å². The van der Waals surface area contributed by atoms with Gasteiger partial charge in [0.1, 0.15) is 0 Å². The van der Waals surface area contributed by atoms with Crippen molar-refractivity contribution in [3.63, 3.8) is 0 Å². The largest absolute Gasteiger partial charge is 0.389 e. The Hall–Kier alpha value is -0.570. The fraction of sp³-hybridized carbons (Fsp3) is 0.200. The number of hydrogen-bond acceptors (Lipinski definition) is 2. The predicted octanol–water partition coefficient (Wildman–Crippen LogP) is 3.61. The minimum Gasteiger partial charge on any atom is -0.389 e. The van der Waals surface area contributed by atoms with Crippen molar-refractivity contribution in [3.8, 4) is 0 Å². The lowest BCUT2D eigenvalue weighted by Crippen LogP contribution is -1.87. The summed E-state index contributed by atoms with van der Waals surface area (Å²) in [5.41, 5.74) is 0.961. The maximum atomic E-state index is 9.47. The number of rotatable bonds is 1. The van der Waals surface area contributed by atoms with Gasteiger partial charge in [-0.1, -0.05) is 23.7 Å². The molecule has 0 radical (unpaired) electrons. The second-order valence-electron chi connectivity index (χ2n) is 2.98. The van der Waals surface area contributed by atoms with Gasteiger partial charge >= 0.3 is 0 Å². The fourth-order valence-corrected chi connectivity index (χ4v) is 2.74. The second-order valence-corrected chi connectivity index (χ2v) is 4.27. The monoisotopic (exact) mass is 212 g/mol. The first kappa shape index (κ1) is 9.00. The predicted molar refractivity (Wildman–Crippen MR) is 57.5 cm³/mol. The fourth-order valence-electron chi connectivity index (χ4n) is 1.37. The molecule has 1 nitrogen and oxygen atoms in total. The molecule has 0 aliphatic rings. The molecule has 1 heterocycles. The summed E-state index contributed by atoms with van der Waals surface area (Å²) in [6.07, 6.45) is -0.424. The van der Waals surface area contributed by atoms with E-state index in [-0.39, 0.29) is 0 Å². The van der Waals surface area contributed by atoms with E-state index in [0.717, 1.165) is 20.7 Å².